The molecule has 1 aromatic rings. The third-order valence-corrected chi connectivity index (χ3v) is 2.07. The Morgan fingerprint density at radius 3 is 2.35 bits per heavy atom. The molecule has 2 N–H and O–H groups in total. The Kier molecular flexibility index (Phi) is 6.01. The van der Waals surface area contributed by atoms with Gasteiger partial charge in [-0.1, -0.05) is 17.7 Å². The molecule has 0 amide bonds. The normalized spacial score (nSPS) is 12.8. The van der Waals surface area contributed by atoms with Crippen molar-refractivity contribution >= 4 is 24.0 Å². The van der Waals surface area contributed by atoms with E-state index >= 15 is 0 Å². The highest BCUT2D eigenvalue weighted by Gasteiger charge is 2.32. The van der Waals surface area contributed by atoms with E-state index in [1.165, 1.54) is 6.07 Å². The van der Waals surface area contributed by atoms with Crippen molar-refractivity contribution in [1.29, 1.82) is 0 Å². The summed E-state index contributed by atoms with van der Waals surface area (Å²) in [5.41, 5.74) is 5.65. The number of alkyl halides is 4. The van der Waals surface area contributed by atoms with E-state index in [9.17, 15) is 17.6 Å². The maximum atomic E-state index is 12.2. The quantitative estimate of drug-likeness (QED) is 0.864. The van der Waals surface area contributed by atoms with Crippen molar-refractivity contribution in [2.24, 2.45) is 5.73 Å². The zero-order valence-corrected chi connectivity index (χ0v) is 9.87. The Bertz CT molecular complexity index is 373. The lowest BCUT2D eigenvalue weighted by atomic mass is 10.1. The van der Waals surface area contributed by atoms with Gasteiger partial charge in [0.1, 0.15) is 12.4 Å². The topological polar surface area (TPSA) is 35.2 Å². The van der Waals surface area contributed by atoms with Crippen LogP contribution in [-0.4, -0.2) is 13.0 Å². The molecule has 0 heterocycles. The van der Waals surface area contributed by atoms with Crippen LogP contribution in [0.3, 0.4) is 0 Å². The summed E-state index contributed by atoms with van der Waals surface area (Å²) < 4.78 is 51.5. The first-order valence-corrected chi connectivity index (χ1v) is 4.58. The molecule has 1 atom stereocenters. The molecule has 0 aliphatic carbocycles. The molecule has 0 spiro atoms. The van der Waals surface area contributed by atoms with Crippen LogP contribution in [0.2, 0.25) is 5.02 Å². The van der Waals surface area contributed by atoms with E-state index in [1.807, 2.05) is 0 Å². The Hall–Kier alpha value is -0.720. The zero-order valence-electron chi connectivity index (χ0n) is 8.30. The van der Waals surface area contributed by atoms with Crippen LogP contribution in [0.25, 0.3) is 0 Å². The third-order valence-electron chi connectivity index (χ3n) is 1.78. The molecule has 0 aliphatic heterocycles. The van der Waals surface area contributed by atoms with E-state index in [4.69, 9.17) is 17.3 Å². The summed E-state index contributed by atoms with van der Waals surface area (Å²) in [6.07, 6.45) is -4.81. The molecule has 2 nitrogen and oxygen atoms in total. The summed E-state index contributed by atoms with van der Waals surface area (Å²) in [6.45, 7) is -0.824. The van der Waals surface area contributed by atoms with Crippen molar-refractivity contribution in [1.82, 2.24) is 0 Å². The Morgan fingerprint density at radius 2 is 1.94 bits per heavy atom. The molecule has 98 valence electrons. The van der Waals surface area contributed by atoms with Gasteiger partial charge in [0.2, 0.25) is 0 Å². The van der Waals surface area contributed by atoms with Gasteiger partial charge < -0.3 is 10.5 Å². The average molecular weight is 294 g/mol. The molecule has 0 saturated heterocycles. The fourth-order valence-corrected chi connectivity index (χ4v) is 1.27. The molecule has 1 rings (SSSR count). The van der Waals surface area contributed by atoms with E-state index in [0.717, 1.165) is 12.1 Å². The van der Waals surface area contributed by atoms with E-state index in [0.29, 0.717) is 5.56 Å². The standard InChI is InChI=1S/C9H8ClF4NO.ClH/c10-6-3-5(7(15)4-11)1-2-8(6)16-9(12,13)14;/h1-3,7H,4,15H2;1H/t7-;/m1./s1. The molecule has 0 aromatic heterocycles. The van der Waals surface area contributed by atoms with Crippen LogP contribution in [0.4, 0.5) is 17.6 Å². The molecule has 0 saturated carbocycles. The van der Waals surface area contributed by atoms with Crippen molar-refractivity contribution in [3.63, 3.8) is 0 Å². The maximum Gasteiger partial charge on any atom is 0.573 e. The van der Waals surface area contributed by atoms with Crippen LogP contribution in [0, 0.1) is 0 Å². The summed E-state index contributed by atoms with van der Waals surface area (Å²) >= 11 is 5.53. The van der Waals surface area contributed by atoms with Crippen LogP contribution < -0.4 is 10.5 Å². The van der Waals surface area contributed by atoms with Crippen molar-refractivity contribution in [3.8, 4) is 5.75 Å². The number of rotatable bonds is 3. The minimum atomic E-state index is -4.81. The van der Waals surface area contributed by atoms with Crippen LogP contribution in [0.15, 0.2) is 18.2 Å². The predicted molar refractivity (Wildman–Crippen MR) is 58.3 cm³/mol. The molecular weight excluding hydrogens is 285 g/mol. The van der Waals surface area contributed by atoms with E-state index in [2.05, 4.69) is 4.74 Å². The maximum absolute atomic E-state index is 12.2. The largest absolute Gasteiger partial charge is 0.573 e. The van der Waals surface area contributed by atoms with Gasteiger partial charge in [-0.3, -0.25) is 0 Å². The molecule has 0 radical (unpaired) electrons. The fourth-order valence-electron chi connectivity index (χ4n) is 1.04. The second kappa shape index (κ2) is 6.28. The second-order valence-corrected chi connectivity index (χ2v) is 3.41. The minimum Gasteiger partial charge on any atom is -0.404 e. The number of hydrogen-bond acceptors (Lipinski definition) is 2. The summed E-state index contributed by atoms with van der Waals surface area (Å²) in [4.78, 5) is 0. The molecule has 8 heteroatoms. The van der Waals surface area contributed by atoms with E-state index in [-0.39, 0.29) is 17.4 Å². The van der Waals surface area contributed by atoms with Gasteiger partial charge in [0.25, 0.3) is 0 Å². The summed E-state index contributed by atoms with van der Waals surface area (Å²) in [7, 11) is 0. The van der Waals surface area contributed by atoms with Crippen molar-refractivity contribution in [2.45, 2.75) is 12.4 Å². The lowest BCUT2D eigenvalue weighted by molar-refractivity contribution is -0.274. The second-order valence-electron chi connectivity index (χ2n) is 3.00. The fraction of sp³-hybridized carbons (Fsp3) is 0.333. The minimum absolute atomic E-state index is 0. The van der Waals surface area contributed by atoms with Gasteiger partial charge >= 0.3 is 6.36 Å². The van der Waals surface area contributed by atoms with Crippen LogP contribution >= 0.6 is 24.0 Å². The monoisotopic (exact) mass is 293 g/mol. The first-order chi connectivity index (χ1) is 7.33. The Morgan fingerprint density at radius 1 is 1.35 bits per heavy atom. The number of halogens is 6. The molecule has 0 fully saturated rings. The summed E-state index contributed by atoms with van der Waals surface area (Å²) in [6, 6.07) is 2.47. The lowest BCUT2D eigenvalue weighted by Crippen LogP contribution is -2.18. The van der Waals surface area contributed by atoms with Gasteiger partial charge in [-0.15, -0.1) is 25.6 Å². The van der Waals surface area contributed by atoms with Gasteiger partial charge in [-0.2, -0.15) is 0 Å². The first-order valence-electron chi connectivity index (χ1n) is 4.20. The molecule has 1 aromatic carbocycles. The lowest BCUT2D eigenvalue weighted by Gasteiger charge is -2.13. The summed E-state index contributed by atoms with van der Waals surface area (Å²) in [5, 5.41) is -0.265. The third kappa shape index (κ3) is 4.97. The van der Waals surface area contributed by atoms with Crippen molar-refractivity contribution < 1.29 is 22.3 Å². The summed E-state index contributed by atoms with van der Waals surface area (Å²) in [5.74, 6) is -0.538. The molecule has 0 unspecified atom stereocenters. The van der Waals surface area contributed by atoms with Crippen molar-refractivity contribution in [2.75, 3.05) is 6.67 Å². The van der Waals surface area contributed by atoms with Crippen LogP contribution in [-0.2, 0) is 0 Å². The highest BCUT2D eigenvalue weighted by atomic mass is 35.5. The van der Waals surface area contributed by atoms with Gasteiger partial charge in [-0.25, -0.2) is 4.39 Å². The number of benzene rings is 1. The Labute approximate surface area is 106 Å². The van der Waals surface area contributed by atoms with Crippen molar-refractivity contribution in [3.05, 3.63) is 28.8 Å². The van der Waals surface area contributed by atoms with Gasteiger partial charge in [0, 0.05) is 0 Å². The zero-order chi connectivity index (χ0) is 12.3. The van der Waals surface area contributed by atoms with Gasteiger partial charge in [0.15, 0.2) is 0 Å². The highest BCUT2D eigenvalue weighted by molar-refractivity contribution is 6.32. The average Bonchev–Trinajstić information content (AvgIpc) is 2.18. The molecule has 17 heavy (non-hydrogen) atoms. The highest BCUT2D eigenvalue weighted by Crippen LogP contribution is 2.31. The van der Waals surface area contributed by atoms with Gasteiger partial charge in [-0.05, 0) is 17.7 Å². The van der Waals surface area contributed by atoms with E-state index < -0.39 is 24.8 Å². The SMILES string of the molecule is Cl.N[C@H](CF)c1ccc(OC(F)(F)F)c(Cl)c1. The van der Waals surface area contributed by atoms with E-state index in [1.54, 1.807) is 0 Å². The number of ether oxygens (including phenoxy) is 1. The van der Waals surface area contributed by atoms with Crippen LogP contribution in [0.5, 0.6) is 5.75 Å². The molecule has 0 bridgehead atoms. The molecule has 0 aliphatic rings. The van der Waals surface area contributed by atoms with Crippen LogP contribution in [0.1, 0.15) is 11.6 Å². The Balaban J connectivity index is 0.00000256. The smallest absolute Gasteiger partial charge is 0.404 e. The number of hydrogen-bond donors (Lipinski definition) is 1. The predicted octanol–water partition coefficient (Wildman–Crippen LogP) is 3.63. The van der Waals surface area contributed by atoms with Gasteiger partial charge in [0.05, 0.1) is 11.1 Å². The molecular formula is C9H9Cl2F4NO. The number of nitrogens with two attached hydrogens (primary N) is 1. The first kappa shape index (κ1) is 16.3.